The highest BCUT2D eigenvalue weighted by Gasteiger charge is 2.44. The van der Waals surface area contributed by atoms with Crippen molar-refractivity contribution in [3.05, 3.63) is 41.0 Å². The van der Waals surface area contributed by atoms with Crippen molar-refractivity contribution < 1.29 is 24.2 Å². The maximum absolute atomic E-state index is 13.6. The minimum Gasteiger partial charge on any atom is -0.444 e. The van der Waals surface area contributed by atoms with Gasteiger partial charge in [-0.1, -0.05) is 45.0 Å². The van der Waals surface area contributed by atoms with Crippen LogP contribution in [0, 0.1) is 12.3 Å². The van der Waals surface area contributed by atoms with Gasteiger partial charge in [-0.2, -0.15) is 0 Å². The van der Waals surface area contributed by atoms with E-state index in [1.807, 2.05) is 57.5 Å². The van der Waals surface area contributed by atoms with E-state index in [2.05, 4.69) is 15.6 Å². The molecule has 3 amide bonds. The highest BCUT2D eigenvalue weighted by molar-refractivity contribution is 7.13. The van der Waals surface area contributed by atoms with Gasteiger partial charge in [0, 0.05) is 19.5 Å². The molecule has 10 heteroatoms. The van der Waals surface area contributed by atoms with Crippen LogP contribution in [0.5, 0.6) is 0 Å². The first-order chi connectivity index (χ1) is 17.2. The fourth-order valence-electron chi connectivity index (χ4n) is 4.21. The van der Waals surface area contributed by atoms with Crippen molar-refractivity contribution in [3.8, 4) is 10.4 Å². The molecule has 1 aliphatic rings. The Morgan fingerprint density at radius 2 is 1.81 bits per heavy atom. The van der Waals surface area contributed by atoms with Crippen LogP contribution in [-0.4, -0.2) is 63.2 Å². The molecule has 0 bridgehead atoms. The van der Waals surface area contributed by atoms with Crippen LogP contribution in [0.1, 0.15) is 59.2 Å². The molecule has 37 heavy (non-hydrogen) atoms. The van der Waals surface area contributed by atoms with Crippen LogP contribution in [0.25, 0.3) is 10.4 Å². The molecule has 1 aromatic heterocycles. The number of aliphatic hydroxyl groups excluding tert-OH is 1. The summed E-state index contributed by atoms with van der Waals surface area (Å²) in [5, 5.41) is 15.9. The largest absolute Gasteiger partial charge is 0.444 e. The van der Waals surface area contributed by atoms with Crippen molar-refractivity contribution in [1.29, 1.82) is 0 Å². The lowest BCUT2D eigenvalue weighted by Crippen LogP contribution is -2.58. The summed E-state index contributed by atoms with van der Waals surface area (Å²) in [6, 6.07) is 6.10. The number of benzene rings is 1. The maximum Gasteiger partial charge on any atom is 0.408 e. The molecule has 0 aliphatic carbocycles. The Kier molecular flexibility index (Phi) is 8.64. The Bertz CT molecular complexity index is 1120. The third-order valence-corrected chi connectivity index (χ3v) is 7.04. The molecule has 1 fully saturated rings. The average Bonchev–Trinajstić information content (AvgIpc) is 3.39. The number of ether oxygens (including phenoxy) is 1. The number of carbonyl (C=O) groups is 3. The number of likely N-dealkylation sites (tertiary alicyclic amines) is 1. The topological polar surface area (TPSA) is 121 Å². The predicted octanol–water partition coefficient (Wildman–Crippen LogP) is 3.64. The van der Waals surface area contributed by atoms with Gasteiger partial charge in [-0.15, -0.1) is 11.3 Å². The number of hydrogen-bond donors (Lipinski definition) is 3. The van der Waals surface area contributed by atoms with E-state index < -0.39 is 41.2 Å². The second-order valence-corrected chi connectivity index (χ2v) is 12.4. The lowest BCUT2D eigenvalue weighted by atomic mass is 9.85. The number of amides is 3. The monoisotopic (exact) mass is 530 g/mol. The van der Waals surface area contributed by atoms with Crippen molar-refractivity contribution in [2.45, 2.75) is 85.2 Å². The number of rotatable bonds is 6. The number of carbonyl (C=O) groups excluding carboxylic acids is 3. The van der Waals surface area contributed by atoms with E-state index in [1.54, 1.807) is 32.1 Å². The van der Waals surface area contributed by atoms with Crippen molar-refractivity contribution >= 4 is 29.2 Å². The van der Waals surface area contributed by atoms with E-state index in [1.165, 1.54) is 4.90 Å². The highest BCUT2D eigenvalue weighted by Crippen LogP contribution is 2.28. The molecule has 2 heterocycles. The zero-order chi connectivity index (χ0) is 27.5. The molecule has 0 spiro atoms. The SMILES string of the molecule is Cc1ncsc1-c1ccc(CNC(=O)C2C[C@@H](O)CN2C(=O)[C@@H](NC(=O)OC(C)(C)C)C(C)(C)C)cc1. The Balaban J connectivity index is 1.68. The third kappa shape index (κ3) is 7.52. The molecule has 1 aromatic carbocycles. The molecule has 0 saturated carbocycles. The van der Waals surface area contributed by atoms with Crippen LogP contribution in [-0.2, 0) is 20.9 Å². The van der Waals surface area contributed by atoms with Crippen molar-refractivity contribution in [2.24, 2.45) is 5.41 Å². The standard InChI is InChI=1S/C27H38N4O5S/c1-16-21(37-15-29-16)18-10-8-17(9-11-18)13-28-23(33)20-12-19(32)14-31(20)24(34)22(26(2,3)4)30-25(35)36-27(5,6)7/h8-11,15,19-20,22,32H,12-14H2,1-7H3,(H,28,33)(H,30,35)/t19-,20?,22-/m1/s1. The summed E-state index contributed by atoms with van der Waals surface area (Å²) in [5.41, 5.74) is 3.40. The summed E-state index contributed by atoms with van der Waals surface area (Å²) in [7, 11) is 0. The van der Waals surface area contributed by atoms with E-state index >= 15 is 0 Å². The number of alkyl carbamates (subject to hydrolysis) is 1. The minimum absolute atomic E-state index is 0.0163. The van der Waals surface area contributed by atoms with Gasteiger partial charge in [-0.25, -0.2) is 9.78 Å². The fourth-order valence-corrected chi connectivity index (χ4v) is 5.02. The molecule has 2 aromatic rings. The molecule has 9 nitrogen and oxygen atoms in total. The minimum atomic E-state index is -0.939. The lowest BCUT2D eigenvalue weighted by Gasteiger charge is -2.35. The van der Waals surface area contributed by atoms with Gasteiger partial charge in [0.1, 0.15) is 17.7 Å². The summed E-state index contributed by atoms with van der Waals surface area (Å²) in [5.74, 6) is -0.781. The van der Waals surface area contributed by atoms with Gasteiger partial charge in [0.15, 0.2) is 0 Å². The number of aromatic nitrogens is 1. The second kappa shape index (κ2) is 11.2. The van der Waals surface area contributed by atoms with Crippen LogP contribution in [0.15, 0.2) is 29.8 Å². The smallest absolute Gasteiger partial charge is 0.408 e. The molecular formula is C27H38N4O5S. The Hall–Kier alpha value is -2.98. The van der Waals surface area contributed by atoms with Gasteiger partial charge in [0.2, 0.25) is 11.8 Å². The van der Waals surface area contributed by atoms with Crippen LogP contribution >= 0.6 is 11.3 Å². The second-order valence-electron chi connectivity index (χ2n) is 11.5. The number of nitrogens with one attached hydrogen (secondary N) is 2. The number of nitrogens with zero attached hydrogens (tertiary/aromatic N) is 2. The number of hydrogen-bond acceptors (Lipinski definition) is 7. The Morgan fingerprint density at radius 3 is 2.35 bits per heavy atom. The molecule has 202 valence electrons. The van der Waals surface area contributed by atoms with Gasteiger partial charge in [0.25, 0.3) is 0 Å². The summed E-state index contributed by atoms with van der Waals surface area (Å²) < 4.78 is 5.35. The fraction of sp³-hybridized carbons (Fsp3) is 0.556. The zero-order valence-electron chi connectivity index (χ0n) is 22.6. The molecule has 3 rings (SSSR count). The number of β-amino-alcohol motifs (C(OH)–C–C–N with tert-alkyl or cyclic N) is 1. The van der Waals surface area contributed by atoms with E-state index in [0.29, 0.717) is 0 Å². The number of thiazole rings is 1. The van der Waals surface area contributed by atoms with E-state index in [-0.39, 0.29) is 25.4 Å². The quantitative estimate of drug-likeness (QED) is 0.525. The van der Waals surface area contributed by atoms with Gasteiger partial charge >= 0.3 is 6.09 Å². The molecule has 0 radical (unpaired) electrons. The first kappa shape index (κ1) is 28.6. The normalized spacial score (nSPS) is 18.9. The molecule has 3 atom stereocenters. The lowest BCUT2D eigenvalue weighted by molar-refractivity contribution is -0.142. The zero-order valence-corrected chi connectivity index (χ0v) is 23.4. The van der Waals surface area contributed by atoms with Crippen LogP contribution in [0.2, 0.25) is 0 Å². The predicted molar refractivity (Wildman–Crippen MR) is 143 cm³/mol. The van der Waals surface area contributed by atoms with Gasteiger partial charge in [0.05, 0.1) is 22.2 Å². The summed E-state index contributed by atoms with van der Waals surface area (Å²) in [4.78, 5) is 45.9. The average molecular weight is 531 g/mol. The molecule has 1 aliphatic heterocycles. The first-order valence-electron chi connectivity index (χ1n) is 12.4. The molecule has 1 unspecified atom stereocenters. The van der Waals surface area contributed by atoms with Crippen molar-refractivity contribution in [1.82, 2.24) is 20.5 Å². The molecular weight excluding hydrogens is 492 g/mol. The summed E-state index contributed by atoms with van der Waals surface area (Å²) >= 11 is 1.58. The van der Waals surface area contributed by atoms with Gasteiger partial charge in [-0.05, 0) is 44.2 Å². The van der Waals surface area contributed by atoms with E-state index in [0.717, 1.165) is 21.7 Å². The molecule has 3 N–H and O–H groups in total. The van der Waals surface area contributed by atoms with E-state index in [4.69, 9.17) is 4.74 Å². The van der Waals surface area contributed by atoms with Gasteiger partial charge in [-0.3, -0.25) is 9.59 Å². The van der Waals surface area contributed by atoms with Crippen molar-refractivity contribution in [2.75, 3.05) is 6.54 Å². The summed E-state index contributed by atoms with van der Waals surface area (Å²) in [6.45, 7) is 13.0. The first-order valence-corrected chi connectivity index (χ1v) is 13.3. The van der Waals surface area contributed by atoms with Crippen LogP contribution < -0.4 is 10.6 Å². The van der Waals surface area contributed by atoms with E-state index in [9.17, 15) is 19.5 Å². The number of aliphatic hydroxyl groups is 1. The third-order valence-electron chi connectivity index (χ3n) is 6.07. The maximum atomic E-state index is 13.6. The van der Waals surface area contributed by atoms with Crippen molar-refractivity contribution in [3.63, 3.8) is 0 Å². The Labute approximate surface area is 222 Å². The summed E-state index contributed by atoms with van der Waals surface area (Å²) in [6.07, 6.45) is -1.41. The van der Waals surface area contributed by atoms with Crippen LogP contribution in [0.3, 0.4) is 0 Å². The Morgan fingerprint density at radius 1 is 1.16 bits per heavy atom. The highest BCUT2D eigenvalue weighted by atomic mass is 32.1. The number of aryl methyl sites for hydroxylation is 1. The van der Waals surface area contributed by atoms with Crippen LogP contribution in [0.4, 0.5) is 4.79 Å². The molecule has 1 saturated heterocycles. The van der Waals surface area contributed by atoms with Gasteiger partial charge < -0.3 is 25.4 Å².